The third-order valence-electron chi connectivity index (χ3n) is 6.92. The number of fused-ring (bicyclic) bond motifs is 1. The molecule has 1 N–H and O–H groups in total. The standard InChI is InChI=1S/C25H28N6O2/c1-2-23(32)29-15-11-25(12-16-29,19-6-4-3-5-7-19)24(33)30-14-10-20(18-30)27-21-8-9-22-26-13-17-31(22)28-21/h2-9,13,17,20H,1,10-12,14-16,18H2,(H,27,28). The summed E-state index contributed by atoms with van der Waals surface area (Å²) < 4.78 is 1.74. The summed E-state index contributed by atoms with van der Waals surface area (Å²) in [5, 5.41) is 8.02. The number of hydrogen-bond acceptors (Lipinski definition) is 5. The lowest BCUT2D eigenvalue weighted by Crippen LogP contribution is -2.53. The second kappa shape index (κ2) is 8.69. The highest BCUT2D eigenvalue weighted by Gasteiger charge is 2.46. The summed E-state index contributed by atoms with van der Waals surface area (Å²) in [6.45, 7) is 6.04. The molecule has 0 spiro atoms. The summed E-state index contributed by atoms with van der Waals surface area (Å²) in [7, 11) is 0. The number of nitrogens with zero attached hydrogens (tertiary/aromatic N) is 5. The summed E-state index contributed by atoms with van der Waals surface area (Å²) >= 11 is 0. The van der Waals surface area contributed by atoms with E-state index in [9.17, 15) is 9.59 Å². The Balaban J connectivity index is 1.32. The van der Waals surface area contributed by atoms with E-state index in [1.54, 1.807) is 15.6 Å². The number of carbonyl (C=O) groups is 2. The number of anilines is 1. The Labute approximate surface area is 192 Å². The molecule has 2 amide bonds. The molecule has 2 aliphatic rings. The Bertz CT molecular complexity index is 1170. The number of amides is 2. The Morgan fingerprint density at radius 1 is 1.06 bits per heavy atom. The van der Waals surface area contributed by atoms with Crippen LogP contribution in [-0.4, -0.2) is 68.4 Å². The van der Waals surface area contributed by atoms with Gasteiger partial charge in [-0.1, -0.05) is 36.9 Å². The van der Waals surface area contributed by atoms with Gasteiger partial charge in [0.1, 0.15) is 5.82 Å². The van der Waals surface area contributed by atoms with Gasteiger partial charge in [-0.05, 0) is 43.0 Å². The number of nitrogens with one attached hydrogen (secondary N) is 1. The molecule has 33 heavy (non-hydrogen) atoms. The van der Waals surface area contributed by atoms with Crippen LogP contribution < -0.4 is 5.32 Å². The van der Waals surface area contributed by atoms with Gasteiger partial charge >= 0.3 is 0 Å². The minimum Gasteiger partial charge on any atom is -0.364 e. The number of aromatic nitrogens is 3. The molecule has 3 aromatic rings. The van der Waals surface area contributed by atoms with Crippen molar-refractivity contribution >= 4 is 23.3 Å². The number of imidazole rings is 1. The fourth-order valence-electron chi connectivity index (χ4n) is 5.09. The Morgan fingerprint density at radius 2 is 1.85 bits per heavy atom. The second-order valence-corrected chi connectivity index (χ2v) is 8.81. The average Bonchev–Trinajstić information content (AvgIpc) is 3.53. The largest absolute Gasteiger partial charge is 0.364 e. The van der Waals surface area contributed by atoms with Crippen LogP contribution in [0.1, 0.15) is 24.8 Å². The van der Waals surface area contributed by atoms with Gasteiger partial charge in [-0.3, -0.25) is 9.59 Å². The first-order valence-corrected chi connectivity index (χ1v) is 11.4. The maximum atomic E-state index is 14.0. The monoisotopic (exact) mass is 444 g/mol. The van der Waals surface area contributed by atoms with E-state index in [4.69, 9.17) is 0 Å². The van der Waals surface area contributed by atoms with Crippen LogP contribution in [-0.2, 0) is 15.0 Å². The number of rotatable bonds is 5. The molecular formula is C25H28N6O2. The molecule has 4 heterocycles. The topological polar surface area (TPSA) is 82.8 Å². The smallest absolute Gasteiger partial charge is 0.245 e. The quantitative estimate of drug-likeness (QED) is 0.612. The third kappa shape index (κ3) is 3.97. The first-order chi connectivity index (χ1) is 16.1. The van der Waals surface area contributed by atoms with Crippen LogP contribution in [0.25, 0.3) is 5.65 Å². The van der Waals surface area contributed by atoms with Crippen LogP contribution >= 0.6 is 0 Å². The van der Waals surface area contributed by atoms with E-state index in [2.05, 4.69) is 22.0 Å². The molecule has 5 rings (SSSR count). The maximum Gasteiger partial charge on any atom is 0.245 e. The molecule has 2 aliphatic heterocycles. The summed E-state index contributed by atoms with van der Waals surface area (Å²) in [4.78, 5) is 34.1. The van der Waals surface area contributed by atoms with E-state index in [1.807, 2.05) is 53.6 Å². The molecule has 2 fully saturated rings. The second-order valence-electron chi connectivity index (χ2n) is 8.81. The molecule has 1 atom stereocenters. The lowest BCUT2D eigenvalue weighted by Gasteiger charge is -2.42. The van der Waals surface area contributed by atoms with Gasteiger partial charge < -0.3 is 15.1 Å². The molecule has 8 heteroatoms. The van der Waals surface area contributed by atoms with Gasteiger partial charge in [-0.25, -0.2) is 9.50 Å². The molecule has 2 saturated heterocycles. The fourth-order valence-corrected chi connectivity index (χ4v) is 5.09. The van der Waals surface area contributed by atoms with Crippen LogP contribution in [0.3, 0.4) is 0 Å². The van der Waals surface area contributed by atoms with Crippen molar-refractivity contribution in [2.75, 3.05) is 31.5 Å². The van der Waals surface area contributed by atoms with Crippen molar-refractivity contribution in [3.63, 3.8) is 0 Å². The van der Waals surface area contributed by atoms with Crippen molar-refractivity contribution in [3.05, 3.63) is 73.1 Å². The van der Waals surface area contributed by atoms with Crippen molar-refractivity contribution in [1.82, 2.24) is 24.4 Å². The molecule has 1 unspecified atom stereocenters. The van der Waals surface area contributed by atoms with Gasteiger partial charge in [0.2, 0.25) is 11.8 Å². The van der Waals surface area contributed by atoms with Crippen molar-refractivity contribution in [1.29, 1.82) is 0 Å². The number of hydrogen-bond donors (Lipinski definition) is 1. The van der Waals surface area contributed by atoms with Crippen molar-refractivity contribution in [2.45, 2.75) is 30.7 Å². The number of benzene rings is 1. The highest BCUT2D eigenvalue weighted by molar-refractivity contribution is 5.90. The third-order valence-corrected chi connectivity index (χ3v) is 6.92. The van der Waals surface area contributed by atoms with Crippen molar-refractivity contribution < 1.29 is 9.59 Å². The lowest BCUT2D eigenvalue weighted by atomic mass is 9.71. The molecule has 2 aromatic heterocycles. The highest BCUT2D eigenvalue weighted by atomic mass is 16.2. The first-order valence-electron chi connectivity index (χ1n) is 11.4. The van der Waals surface area contributed by atoms with Crippen LogP contribution in [0.2, 0.25) is 0 Å². The molecule has 0 aliphatic carbocycles. The van der Waals surface area contributed by atoms with E-state index in [0.29, 0.717) is 39.0 Å². The van der Waals surface area contributed by atoms with Gasteiger partial charge in [-0.15, -0.1) is 5.10 Å². The van der Waals surface area contributed by atoms with Crippen molar-refractivity contribution in [3.8, 4) is 0 Å². The number of likely N-dealkylation sites (tertiary alicyclic amines) is 2. The molecule has 0 saturated carbocycles. The van der Waals surface area contributed by atoms with Gasteiger partial charge in [0.25, 0.3) is 0 Å². The molecule has 0 radical (unpaired) electrons. The fraction of sp³-hybridized carbons (Fsp3) is 0.360. The summed E-state index contributed by atoms with van der Waals surface area (Å²) in [5.74, 6) is 0.854. The molecule has 8 nitrogen and oxygen atoms in total. The van der Waals surface area contributed by atoms with Gasteiger partial charge in [0.05, 0.1) is 5.41 Å². The van der Waals surface area contributed by atoms with E-state index in [1.165, 1.54) is 6.08 Å². The van der Waals surface area contributed by atoms with E-state index < -0.39 is 5.41 Å². The Morgan fingerprint density at radius 3 is 2.61 bits per heavy atom. The minimum atomic E-state index is -0.609. The Kier molecular flexibility index (Phi) is 5.58. The van der Waals surface area contributed by atoms with E-state index in [-0.39, 0.29) is 17.9 Å². The van der Waals surface area contributed by atoms with Crippen LogP contribution in [0.5, 0.6) is 0 Å². The van der Waals surface area contributed by atoms with Crippen LogP contribution in [0.4, 0.5) is 5.82 Å². The SMILES string of the molecule is C=CC(=O)N1CCC(C(=O)N2CCC(Nc3ccc4nccn4n3)C2)(c2ccccc2)CC1. The zero-order valence-electron chi connectivity index (χ0n) is 18.6. The number of carbonyl (C=O) groups excluding carboxylic acids is 2. The van der Waals surface area contributed by atoms with Gasteiger partial charge in [0.15, 0.2) is 5.65 Å². The molecule has 0 bridgehead atoms. The maximum absolute atomic E-state index is 14.0. The number of piperidine rings is 1. The molecular weight excluding hydrogens is 416 g/mol. The van der Waals surface area contributed by atoms with Gasteiger partial charge in [0, 0.05) is 44.6 Å². The van der Waals surface area contributed by atoms with Gasteiger partial charge in [-0.2, -0.15) is 0 Å². The van der Waals surface area contributed by atoms with E-state index in [0.717, 1.165) is 23.4 Å². The molecule has 170 valence electrons. The Hall–Kier alpha value is -3.68. The van der Waals surface area contributed by atoms with Crippen molar-refractivity contribution in [2.24, 2.45) is 0 Å². The predicted octanol–water partition coefficient (Wildman–Crippen LogP) is 2.49. The highest BCUT2D eigenvalue weighted by Crippen LogP contribution is 2.38. The lowest BCUT2D eigenvalue weighted by molar-refractivity contribution is -0.140. The van der Waals surface area contributed by atoms with Crippen LogP contribution in [0, 0.1) is 0 Å². The summed E-state index contributed by atoms with van der Waals surface area (Å²) in [5.41, 5.74) is 1.22. The van der Waals surface area contributed by atoms with Crippen LogP contribution in [0.15, 0.2) is 67.5 Å². The zero-order valence-corrected chi connectivity index (χ0v) is 18.6. The predicted molar refractivity (Wildman–Crippen MR) is 126 cm³/mol. The zero-order chi connectivity index (χ0) is 22.8. The average molecular weight is 445 g/mol. The minimum absolute atomic E-state index is 0.0723. The molecule has 1 aromatic carbocycles. The summed E-state index contributed by atoms with van der Waals surface area (Å²) in [6.07, 6.45) is 6.98. The summed E-state index contributed by atoms with van der Waals surface area (Å²) in [6, 6.07) is 14.0. The first kappa shape index (κ1) is 21.2. The van der Waals surface area contributed by atoms with E-state index >= 15 is 0 Å². The normalized spacial score (nSPS) is 20.1.